The van der Waals surface area contributed by atoms with Crippen LogP contribution in [0.5, 0.6) is 11.5 Å². The Balaban J connectivity index is 1.50. The van der Waals surface area contributed by atoms with Crippen molar-refractivity contribution in [2.75, 3.05) is 20.3 Å². The van der Waals surface area contributed by atoms with Gasteiger partial charge in [0.05, 0.1) is 7.11 Å². The van der Waals surface area contributed by atoms with Crippen LogP contribution < -0.4 is 41.6 Å². The Hall–Kier alpha value is -2.55. The number of methoxy groups -OCH3 is 1. The molecule has 3 aromatic rings. The summed E-state index contributed by atoms with van der Waals surface area (Å²) >= 11 is 6.20. The minimum atomic E-state index is -0.0392. The molecule has 1 N–H and O–H groups in total. The monoisotopic (exact) mass is 575 g/mol. The van der Waals surface area contributed by atoms with Crippen LogP contribution in [0.4, 0.5) is 0 Å². The van der Waals surface area contributed by atoms with E-state index in [1.165, 1.54) is 5.57 Å². The Labute approximate surface area is 208 Å². The molecule has 1 aromatic heterocycles. The zero-order valence-corrected chi connectivity index (χ0v) is 21.2. The van der Waals surface area contributed by atoms with Crippen molar-refractivity contribution in [3.05, 3.63) is 101 Å². The minimum Gasteiger partial charge on any atom is -0.0163 e. The summed E-state index contributed by atoms with van der Waals surface area (Å²) in [4.78, 5) is 13.3. The Morgan fingerprint density at radius 1 is 1.03 bits per heavy atom. The molecule has 0 amide bonds. The molecule has 1 aliphatic rings. The molecule has 4 rings (SSSR count). The Kier molecular flexibility index (Phi) is 8.25. The number of benzene rings is 2. The molecular weight excluding hydrogens is 551 g/mol. The topological polar surface area (TPSA) is 52.5 Å². The van der Waals surface area contributed by atoms with Crippen LogP contribution in [-0.2, 0) is 13.1 Å². The largest absolute Gasteiger partial charge is 0.0163 e. The molecule has 0 saturated carbocycles. The molecule has 1 aliphatic heterocycles. The number of aromatic nitrogens is 1. The van der Waals surface area contributed by atoms with Gasteiger partial charge in [-0.3, -0.25) is 0 Å². The summed E-state index contributed by atoms with van der Waals surface area (Å²) < 4.78 is 17.3. The maximum Gasteiger partial charge on any atom is -0.0163 e. The summed E-state index contributed by atoms with van der Waals surface area (Å²) in [6.07, 6.45) is 6.28. The maximum absolute atomic E-state index is 13.3. The predicted octanol–water partition coefficient (Wildman–Crippen LogP) is 1.89. The van der Waals surface area contributed by atoms with E-state index in [9.17, 15) is 4.79 Å². The molecule has 2 heterocycles. The van der Waals surface area contributed by atoms with Crippen LogP contribution >= 0.6 is 11.6 Å². The van der Waals surface area contributed by atoms with E-state index in [4.69, 9.17) is 21.1 Å². The van der Waals surface area contributed by atoms with Crippen molar-refractivity contribution in [3.63, 3.8) is 0 Å². The van der Waals surface area contributed by atoms with Crippen molar-refractivity contribution in [2.45, 2.75) is 13.1 Å². The first-order chi connectivity index (χ1) is 16.1. The van der Waals surface area contributed by atoms with E-state index in [-0.39, 0.29) is 26.8 Å². The van der Waals surface area contributed by atoms with Crippen molar-refractivity contribution in [3.8, 4) is 11.5 Å². The summed E-state index contributed by atoms with van der Waals surface area (Å²) in [7, 11) is 1.63. The van der Waals surface area contributed by atoms with Gasteiger partial charge in [0.2, 0.25) is 0 Å². The van der Waals surface area contributed by atoms with E-state index >= 15 is 0 Å². The summed E-state index contributed by atoms with van der Waals surface area (Å²) in [5.41, 5.74) is 2.75. The maximum atomic E-state index is 13.3. The third-order valence-corrected chi connectivity index (χ3v) is 7.42. The number of nitrogens with zero attached hydrogens (tertiary/aromatic N) is 1. The van der Waals surface area contributed by atoms with Gasteiger partial charge >= 0.3 is 167 Å². The molecule has 5 nitrogen and oxygen atoms in total. The fraction of sp³-hybridized carbons (Fsp3) is 0.192. The first kappa shape index (κ1) is 23.6. The van der Waals surface area contributed by atoms with Crippen LogP contribution in [0.25, 0.3) is 10.9 Å². The van der Waals surface area contributed by atoms with Crippen LogP contribution in [-0.4, -0.2) is 24.8 Å². The molecule has 0 saturated heterocycles. The van der Waals surface area contributed by atoms with Gasteiger partial charge in [-0.2, -0.15) is 0 Å². The van der Waals surface area contributed by atoms with Crippen LogP contribution in [0.3, 0.4) is 0 Å². The molecule has 172 valence electrons. The number of ether oxygens (including phenoxy) is 2. The number of nitrogens with one attached hydrogen (secondary N) is 1. The molecule has 7 heteroatoms. The quantitative estimate of drug-likeness (QED) is 0.396. The number of halogens is 2. The van der Waals surface area contributed by atoms with Crippen molar-refractivity contribution in [1.29, 1.82) is 0 Å². The number of hydrogen-bond acceptors (Lipinski definition) is 4. The molecule has 0 radical (unpaired) electrons. The predicted molar refractivity (Wildman–Crippen MR) is 130 cm³/mol. The van der Waals surface area contributed by atoms with Gasteiger partial charge in [-0.15, -0.1) is 0 Å². The Morgan fingerprint density at radius 3 is 2.67 bits per heavy atom. The Bertz CT molecular complexity index is 1260. The molecule has 2 aromatic carbocycles. The molecular formula is C26H25ClIN2O3-. The van der Waals surface area contributed by atoms with Crippen molar-refractivity contribution in [1.82, 2.24) is 9.88 Å². The fourth-order valence-electron chi connectivity index (χ4n) is 3.54. The van der Waals surface area contributed by atoms with Crippen LogP contribution in [0.2, 0.25) is 5.02 Å². The van der Waals surface area contributed by atoms with Gasteiger partial charge in [-0.05, 0) is 24.3 Å². The van der Waals surface area contributed by atoms with Crippen molar-refractivity contribution < 1.29 is 30.7 Å². The summed E-state index contributed by atoms with van der Waals surface area (Å²) in [6.45, 7) is 2.00. The van der Waals surface area contributed by atoms with Crippen molar-refractivity contribution >= 4 is 22.5 Å². The number of allylic oxidation sites excluding steroid dienone is 2. The summed E-state index contributed by atoms with van der Waals surface area (Å²) in [5.74, 6) is 1.50. The number of rotatable bonds is 9. The number of fused-ring (bicyclic) bond motifs is 1. The third-order valence-electron chi connectivity index (χ3n) is 5.19. The van der Waals surface area contributed by atoms with Gasteiger partial charge < -0.3 is 4.74 Å². The molecule has 0 bridgehead atoms. The van der Waals surface area contributed by atoms with Crippen LogP contribution in [0, 0.1) is 0 Å². The first-order valence-electron chi connectivity index (χ1n) is 10.6. The van der Waals surface area contributed by atoms with Crippen LogP contribution in [0.15, 0.2) is 85.3 Å². The second-order valence-electron chi connectivity index (χ2n) is 7.44. The van der Waals surface area contributed by atoms with Gasteiger partial charge in [-0.25, -0.2) is 0 Å². The van der Waals surface area contributed by atoms with E-state index in [1.807, 2.05) is 48.5 Å². The van der Waals surface area contributed by atoms with E-state index < -0.39 is 0 Å². The van der Waals surface area contributed by atoms with E-state index in [1.54, 1.807) is 11.7 Å². The van der Waals surface area contributed by atoms with Gasteiger partial charge in [0.1, 0.15) is 5.75 Å². The molecule has 33 heavy (non-hydrogen) atoms. The SMILES string of the molecule is COc1ccc(OCCn2c(=O)c(CNCC3=C[I-]C=CC=C3)cc3ccc(Cl)cc32)cc1. The van der Waals surface area contributed by atoms with E-state index in [0.717, 1.165) is 34.5 Å². The minimum absolute atomic E-state index is 0.0323. The van der Waals surface area contributed by atoms with Gasteiger partial charge in [0.15, 0.2) is 0 Å². The summed E-state index contributed by atoms with van der Waals surface area (Å²) in [6, 6.07) is 15.0. The summed E-state index contributed by atoms with van der Waals surface area (Å²) in [5, 5.41) is 5.00. The molecule has 0 aliphatic carbocycles. The normalized spacial score (nSPS) is 13.3. The molecule has 0 unspecified atom stereocenters. The number of pyridine rings is 1. The average Bonchev–Trinajstić information content (AvgIpc) is 3.11. The third kappa shape index (κ3) is 6.28. The molecule has 0 fully saturated rings. The zero-order chi connectivity index (χ0) is 23.0. The van der Waals surface area contributed by atoms with Crippen LogP contribution in [0.1, 0.15) is 5.56 Å². The van der Waals surface area contributed by atoms with Crippen molar-refractivity contribution in [2.24, 2.45) is 0 Å². The fourth-order valence-corrected chi connectivity index (χ4v) is 5.28. The molecule has 0 spiro atoms. The average molecular weight is 576 g/mol. The Morgan fingerprint density at radius 2 is 1.85 bits per heavy atom. The standard InChI is InChI=1S/C26H25ClIN2O3/c1-32-23-7-9-24(10-8-23)33-13-12-30-25-15-22(27)6-5-20(25)14-21(26(30)31)18-29-17-19-4-2-3-11-28-16-19/h2-11,14-16,29H,12-13,17-18H2,1H3/q-1. The second-order valence-corrected chi connectivity index (χ2v) is 9.94. The zero-order valence-electron chi connectivity index (χ0n) is 18.3. The molecule has 0 atom stereocenters. The van der Waals surface area contributed by atoms with Gasteiger partial charge in [0.25, 0.3) is 0 Å². The number of hydrogen-bond donors (Lipinski definition) is 1. The van der Waals surface area contributed by atoms with E-state index in [0.29, 0.717) is 24.7 Å². The smallest absolute Gasteiger partial charge is 0.0163 e. The van der Waals surface area contributed by atoms with Gasteiger partial charge in [-0.1, -0.05) is 0 Å². The second kappa shape index (κ2) is 11.5. The van der Waals surface area contributed by atoms with Gasteiger partial charge in [0, 0.05) is 0 Å². The first-order valence-corrected chi connectivity index (χ1v) is 13.4. The van der Waals surface area contributed by atoms with E-state index in [2.05, 4.69) is 31.7 Å².